The number of hydrogen-bond donors (Lipinski definition) is 1. The van der Waals surface area contributed by atoms with Gasteiger partial charge in [0.05, 0.1) is 18.2 Å². The second-order valence-electron chi connectivity index (χ2n) is 9.96. The van der Waals surface area contributed by atoms with Crippen molar-refractivity contribution in [2.45, 2.75) is 45.3 Å². The minimum atomic E-state index is -0.716. The molecule has 1 unspecified atom stereocenters. The molecule has 3 aromatic rings. The molecule has 3 aromatic carbocycles. The highest BCUT2D eigenvalue weighted by molar-refractivity contribution is 6.46. The van der Waals surface area contributed by atoms with Crippen molar-refractivity contribution in [1.29, 1.82) is 0 Å². The van der Waals surface area contributed by atoms with Crippen molar-refractivity contribution in [2.24, 2.45) is 0 Å². The molecule has 0 spiro atoms. The van der Waals surface area contributed by atoms with Gasteiger partial charge in [-0.1, -0.05) is 48.5 Å². The third-order valence-electron chi connectivity index (χ3n) is 7.55. The summed E-state index contributed by atoms with van der Waals surface area (Å²) in [4.78, 5) is 27.8. The summed E-state index contributed by atoms with van der Waals surface area (Å²) >= 11 is 0. The molecule has 1 heterocycles. The van der Waals surface area contributed by atoms with E-state index >= 15 is 0 Å². The molecule has 1 saturated heterocycles. The zero-order valence-electron chi connectivity index (χ0n) is 21.9. The average molecular weight is 512 g/mol. The second kappa shape index (κ2) is 11.2. The number of carbonyl (C=O) groups excluding carboxylic acids is 2. The summed E-state index contributed by atoms with van der Waals surface area (Å²) in [7, 11) is 1.55. The summed E-state index contributed by atoms with van der Waals surface area (Å²) in [5.74, 6) is -0.769. The first-order valence-corrected chi connectivity index (χ1v) is 13.1. The quantitative estimate of drug-likeness (QED) is 0.245. The van der Waals surface area contributed by atoms with E-state index in [1.807, 2.05) is 73.7 Å². The number of methoxy groups -OCH3 is 1. The summed E-state index contributed by atoms with van der Waals surface area (Å²) < 4.78 is 11.2. The van der Waals surface area contributed by atoms with E-state index in [1.54, 1.807) is 7.11 Å². The molecule has 0 saturated carbocycles. The van der Waals surface area contributed by atoms with Crippen LogP contribution in [0.3, 0.4) is 0 Å². The predicted molar refractivity (Wildman–Crippen MR) is 146 cm³/mol. The molecule has 38 heavy (non-hydrogen) atoms. The number of nitrogens with zero attached hydrogens (tertiary/aromatic N) is 1. The van der Waals surface area contributed by atoms with Crippen LogP contribution in [0, 0.1) is 6.92 Å². The molecule has 1 amide bonds. The smallest absolute Gasteiger partial charge is 0.295 e. The number of ketones is 1. The molecule has 1 aliphatic carbocycles. The zero-order valence-corrected chi connectivity index (χ0v) is 21.9. The van der Waals surface area contributed by atoms with Gasteiger partial charge in [-0.2, -0.15) is 0 Å². The summed E-state index contributed by atoms with van der Waals surface area (Å²) in [5, 5.41) is 11.4. The lowest BCUT2D eigenvalue weighted by Crippen LogP contribution is -2.32. The molecule has 0 aromatic heterocycles. The SMILES string of the molecule is COCCN1C(=O)C(=O)/C(=C(\O)c2ccc3c(c2)CCCC3)C1c1ccc(OCc2ccccc2C)cc1. The standard InChI is InChI=1S/C32H33NO5/c1-21-7-3-4-10-26(21)20-38-27-15-13-23(14-16-27)29-28(31(35)32(36)33(29)17-18-37-2)30(34)25-12-11-22-8-5-6-9-24(22)19-25/h3-4,7,10-16,19,29,34H,5-6,8-9,17-18,20H2,1-2H3/b30-28-. The van der Waals surface area contributed by atoms with Gasteiger partial charge in [-0.25, -0.2) is 0 Å². The van der Waals surface area contributed by atoms with E-state index in [2.05, 4.69) is 0 Å². The molecule has 1 aliphatic heterocycles. The van der Waals surface area contributed by atoms with E-state index in [4.69, 9.17) is 9.47 Å². The number of hydrogen-bond acceptors (Lipinski definition) is 5. The van der Waals surface area contributed by atoms with E-state index in [0.717, 1.165) is 42.4 Å². The molecule has 1 N–H and O–H groups in total. The van der Waals surface area contributed by atoms with Crippen LogP contribution in [0.25, 0.3) is 5.76 Å². The van der Waals surface area contributed by atoms with Gasteiger partial charge < -0.3 is 19.5 Å². The normalized spacial score (nSPS) is 18.5. The predicted octanol–water partition coefficient (Wildman–Crippen LogP) is 5.52. The summed E-state index contributed by atoms with van der Waals surface area (Å²) in [6.07, 6.45) is 4.24. The van der Waals surface area contributed by atoms with Crippen molar-refractivity contribution >= 4 is 17.4 Å². The van der Waals surface area contributed by atoms with Gasteiger partial charge >= 0.3 is 0 Å². The molecule has 5 rings (SSSR count). The van der Waals surface area contributed by atoms with Gasteiger partial charge in [0.15, 0.2) is 0 Å². The van der Waals surface area contributed by atoms with E-state index < -0.39 is 17.7 Å². The summed E-state index contributed by atoms with van der Waals surface area (Å²) in [5.41, 5.74) is 6.15. The fraction of sp³-hybridized carbons (Fsp3) is 0.312. The van der Waals surface area contributed by atoms with Crippen molar-refractivity contribution in [3.8, 4) is 5.75 Å². The Morgan fingerprint density at radius 3 is 2.45 bits per heavy atom. The van der Waals surface area contributed by atoms with Gasteiger partial charge in [-0.3, -0.25) is 9.59 Å². The Bertz CT molecular complexity index is 1370. The number of aliphatic hydroxyl groups excluding tert-OH is 1. The number of Topliss-reactive ketones (excluding diaryl/α,β-unsaturated/α-hetero) is 1. The third kappa shape index (κ3) is 5.09. The molecular formula is C32H33NO5. The van der Waals surface area contributed by atoms with Crippen molar-refractivity contribution < 1.29 is 24.2 Å². The Morgan fingerprint density at radius 2 is 1.71 bits per heavy atom. The number of amides is 1. The largest absolute Gasteiger partial charge is 0.507 e. The maximum atomic E-state index is 13.2. The van der Waals surface area contributed by atoms with Crippen molar-refractivity contribution in [2.75, 3.05) is 20.3 Å². The van der Waals surface area contributed by atoms with Gasteiger partial charge in [0.1, 0.15) is 18.1 Å². The van der Waals surface area contributed by atoms with Crippen LogP contribution in [0.2, 0.25) is 0 Å². The third-order valence-corrected chi connectivity index (χ3v) is 7.55. The molecular weight excluding hydrogens is 478 g/mol. The number of carbonyl (C=O) groups is 2. The number of ether oxygens (including phenoxy) is 2. The number of aryl methyl sites for hydroxylation is 3. The Balaban J connectivity index is 1.48. The van der Waals surface area contributed by atoms with E-state index in [0.29, 0.717) is 17.9 Å². The minimum absolute atomic E-state index is 0.107. The van der Waals surface area contributed by atoms with Crippen LogP contribution >= 0.6 is 0 Å². The van der Waals surface area contributed by atoms with Crippen LogP contribution in [0.15, 0.2) is 72.3 Å². The number of fused-ring (bicyclic) bond motifs is 1. The first-order chi connectivity index (χ1) is 18.5. The van der Waals surface area contributed by atoms with Crippen molar-refractivity contribution in [1.82, 2.24) is 4.90 Å². The lowest BCUT2D eigenvalue weighted by molar-refractivity contribution is -0.140. The fourth-order valence-corrected chi connectivity index (χ4v) is 5.36. The first kappa shape index (κ1) is 25.7. The highest BCUT2D eigenvalue weighted by Crippen LogP contribution is 2.40. The van der Waals surface area contributed by atoms with Gasteiger partial charge in [0.2, 0.25) is 0 Å². The Hall–Kier alpha value is -3.90. The van der Waals surface area contributed by atoms with Crippen molar-refractivity contribution in [3.63, 3.8) is 0 Å². The van der Waals surface area contributed by atoms with Crippen LogP contribution in [-0.2, 0) is 33.8 Å². The fourth-order valence-electron chi connectivity index (χ4n) is 5.36. The van der Waals surface area contributed by atoms with Gasteiger partial charge in [0, 0.05) is 19.2 Å². The Morgan fingerprint density at radius 1 is 0.974 bits per heavy atom. The summed E-state index contributed by atoms with van der Waals surface area (Å²) in [6, 6.07) is 20.6. The molecule has 6 nitrogen and oxygen atoms in total. The average Bonchev–Trinajstić information content (AvgIpc) is 3.20. The molecule has 196 valence electrons. The maximum Gasteiger partial charge on any atom is 0.295 e. The molecule has 6 heteroatoms. The number of aliphatic hydroxyl groups is 1. The lowest BCUT2D eigenvalue weighted by atomic mass is 9.88. The highest BCUT2D eigenvalue weighted by Gasteiger charge is 2.45. The van der Waals surface area contributed by atoms with Crippen molar-refractivity contribution in [3.05, 3.63) is 106 Å². The van der Waals surface area contributed by atoms with Crippen LogP contribution in [-0.4, -0.2) is 42.0 Å². The molecule has 1 fully saturated rings. The van der Waals surface area contributed by atoms with Gasteiger partial charge in [0.25, 0.3) is 11.7 Å². The number of rotatable bonds is 8. The van der Waals surface area contributed by atoms with Gasteiger partial charge in [-0.15, -0.1) is 0 Å². The maximum absolute atomic E-state index is 13.2. The molecule has 0 radical (unpaired) electrons. The van der Waals surface area contributed by atoms with E-state index in [1.165, 1.54) is 16.0 Å². The monoisotopic (exact) mass is 511 g/mol. The highest BCUT2D eigenvalue weighted by atomic mass is 16.5. The first-order valence-electron chi connectivity index (χ1n) is 13.1. The zero-order chi connectivity index (χ0) is 26.6. The van der Waals surface area contributed by atoms with Crippen LogP contribution in [0.4, 0.5) is 0 Å². The molecule has 2 aliphatic rings. The summed E-state index contributed by atoms with van der Waals surface area (Å²) in [6.45, 7) is 3.00. The van der Waals surface area contributed by atoms with Crippen LogP contribution < -0.4 is 4.74 Å². The van der Waals surface area contributed by atoms with Crippen LogP contribution in [0.5, 0.6) is 5.75 Å². The topological polar surface area (TPSA) is 76.1 Å². The Labute approximate surface area is 223 Å². The van der Waals surface area contributed by atoms with E-state index in [-0.39, 0.29) is 24.5 Å². The van der Waals surface area contributed by atoms with E-state index in [9.17, 15) is 14.7 Å². The number of likely N-dealkylation sites (tertiary alicyclic amines) is 1. The number of benzene rings is 3. The minimum Gasteiger partial charge on any atom is -0.507 e. The molecule has 1 atom stereocenters. The van der Waals surface area contributed by atoms with Crippen LogP contribution in [0.1, 0.15) is 52.3 Å². The Kier molecular flexibility index (Phi) is 7.61. The molecule has 0 bridgehead atoms. The second-order valence-corrected chi connectivity index (χ2v) is 9.96. The van der Waals surface area contributed by atoms with Gasteiger partial charge in [-0.05, 0) is 78.6 Å². The lowest BCUT2D eigenvalue weighted by Gasteiger charge is -2.25.